The van der Waals surface area contributed by atoms with Gasteiger partial charge in [-0.05, 0) is 31.5 Å². The average molecular weight is 386 g/mol. The van der Waals surface area contributed by atoms with E-state index >= 15 is 0 Å². The number of nitrogens with zero attached hydrogens (tertiary/aromatic N) is 2. The van der Waals surface area contributed by atoms with Crippen molar-refractivity contribution in [1.29, 1.82) is 0 Å². The summed E-state index contributed by atoms with van der Waals surface area (Å²) >= 11 is 0. The van der Waals surface area contributed by atoms with Crippen molar-refractivity contribution in [2.24, 2.45) is 0 Å². The Morgan fingerprint density at radius 2 is 2.00 bits per heavy atom. The number of hydrogen-bond acceptors (Lipinski definition) is 4. The first-order chi connectivity index (χ1) is 13.2. The van der Waals surface area contributed by atoms with E-state index in [4.69, 9.17) is 0 Å². The molecule has 28 heavy (non-hydrogen) atoms. The van der Waals surface area contributed by atoms with E-state index in [-0.39, 0.29) is 17.0 Å². The molecule has 2 N–H and O–H groups in total. The Morgan fingerprint density at radius 1 is 1.25 bits per heavy atom. The lowest BCUT2D eigenvalue weighted by Crippen LogP contribution is -2.21. The molecule has 0 fully saturated rings. The molecule has 4 nitrogen and oxygen atoms in total. The zero-order valence-electron chi connectivity index (χ0n) is 17.1. The van der Waals surface area contributed by atoms with E-state index in [0.717, 1.165) is 18.5 Å². The molecule has 0 aliphatic carbocycles. The predicted octanol–water partition coefficient (Wildman–Crippen LogP) is 4.98. The fourth-order valence-electron chi connectivity index (χ4n) is 3.28. The molecule has 1 aromatic heterocycles. The Morgan fingerprint density at radius 3 is 2.64 bits per heavy atom. The quantitative estimate of drug-likeness (QED) is 0.761. The van der Waals surface area contributed by atoms with Gasteiger partial charge in [0.25, 0.3) is 0 Å². The summed E-state index contributed by atoms with van der Waals surface area (Å²) in [4.78, 5) is 8.70. The number of hydrogen-bond donors (Lipinski definition) is 2. The van der Waals surface area contributed by atoms with Crippen molar-refractivity contribution in [3.8, 4) is 11.3 Å². The summed E-state index contributed by atoms with van der Waals surface area (Å²) in [5.41, 5.74) is 1.56. The zero-order chi connectivity index (χ0) is 20.5. The summed E-state index contributed by atoms with van der Waals surface area (Å²) in [6.07, 6.45) is 5.38. The first-order valence-corrected chi connectivity index (χ1v) is 9.73. The third kappa shape index (κ3) is 4.32. The summed E-state index contributed by atoms with van der Waals surface area (Å²) in [7, 11) is 0. The highest BCUT2D eigenvalue weighted by Crippen LogP contribution is 2.29. The van der Waals surface area contributed by atoms with Gasteiger partial charge in [0, 0.05) is 47.1 Å². The van der Waals surface area contributed by atoms with E-state index in [1.54, 1.807) is 12.3 Å². The second kappa shape index (κ2) is 7.86. The van der Waals surface area contributed by atoms with Crippen LogP contribution in [0.25, 0.3) is 11.3 Å². The van der Waals surface area contributed by atoms with Crippen molar-refractivity contribution in [1.82, 2.24) is 20.6 Å². The predicted molar refractivity (Wildman–Crippen MR) is 108 cm³/mol. The second-order valence-corrected chi connectivity index (χ2v) is 8.38. The van der Waals surface area contributed by atoms with Crippen LogP contribution in [0.2, 0.25) is 0 Å². The summed E-state index contributed by atoms with van der Waals surface area (Å²) < 4.78 is 29.7. The first kappa shape index (κ1) is 20.2. The van der Waals surface area contributed by atoms with Crippen LogP contribution < -0.4 is 10.6 Å². The molecule has 0 amide bonds. The average Bonchev–Trinajstić information content (AvgIpc) is 3.10. The fraction of sp³-hybridized carbons (Fsp3) is 0.455. The topological polar surface area (TPSA) is 49.8 Å². The van der Waals surface area contributed by atoms with E-state index in [0.29, 0.717) is 23.1 Å². The maximum absolute atomic E-state index is 14.9. The van der Waals surface area contributed by atoms with Crippen molar-refractivity contribution in [2.45, 2.75) is 65.0 Å². The van der Waals surface area contributed by atoms with E-state index in [9.17, 15) is 8.78 Å². The lowest BCUT2D eigenvalue weighted by atomic mass is 9.95. The molecule has 2 atom stereocenters. The maximum Gasteiger partial charge on any atom is 0.134 e. The van der Waals surface area contributed by atoms with E-state index in [2.05, 4.69) is 27.5 Å². The van der Waals surface area contributed by atoms with Crippen LogP contribution in [0.1, 0.15) is 64.9 Å². The highest BCUT2D eigenvalue weighted by molar-refractivity contribution is 5.60. The first-order valence-electron chi connectivity index (χ1n) is 9.73. The molecule has 1 aliphatic rings. The minimum Gasteiger partial charge on any atom is -0.386 e. The minimum absolute atomic E-state index is 0.147. The monoisotopic (exact) mass is 386 g/mol. The molecule has 1 aromatic carbocycles. The maximum atomic E-state index is 14.9. The normalized spacial score (nSPS) is 17.8. The van der Waals surface area contributed by atoms with Crippen LogP contribution in [0.5, 0.6) is 0 Å². The van der Waals surface area contributed by atoms with Gasteiger partial charge in [-0.2, -0.15) is 0 Å². The molecule has 2 aromatic rings. The molecule has 3 rings (SSSR count). The van der Waals surface area contributed by atoms with Crippen LogP contribution in [0.3, 0.4) is 0 Å². The van der Waals surface area contributed by atoms with Gasteiger partial charge in [-0.25, -0.2) is 18.7 Å². The third-order valence-corrected chi connectivity index (χ3v) is 5.01. The van der Waals surface area contributed by atoms with E-state index in [1.165, 1.54) is 12.1 Å². The number of nitrogens with one attached hydrogen (secondary N) is 2. The molecule has 0 radical (unpaired) electrons. The van der Waals surface area contributed by atoms with Crippen molar-refractivity contribution >= 4 is 0 Å². The Balaban J connectivity index is 1.85. The third-order valence-electron chi connectivity index (χ3n) is 5.01. The van der Waals surface area contributed by atoms with Crippen LogP contribution in [-0.4, -0.2) is 16.0 Å². The van der Waals surface area contributed by atoms with Crippen LogP contribution in [0.15, 0.2) is 36.3 Å². The molecule has 150 valence electrons. The highest BCUT2D eigenvalue weighted by atomic mass is 19.1. The number of halogens is 2. The number of benzene rings is 1. The van der Waals surface area contributed by atoms with Gasteiger partial charge in [0.2, 0.25) is 0 Å². The van der Waals surface area contributed by atoms with Gasteiger partial charge < -0.3 is 10.6 Å². The molecule has 2 heterocycles. The SMILES string of the molecule is CCC1CC(NC(C)c2cc(F)c(-c3ccnc(C(C)(C)C)n3)cc2F)=CN1. The Labute approximate surface area is 165 Å². The lowest BCUT2D eigenvalue weighted by molar-refractivity contribution is 0.534. The molecule has 0 spiro atoms. The summed E-state index contributed by atoms with van der Waals surface area (Å²) in [5.74, 6) is -0.352. The van der Waals surface area contributed by atoms with Gasteiger partial charge >= 0.3 is 0 Å². The smallest absolute Gasteiger partial charge is 0.134 e. The van der Waals surface area contributed by atoms with Gasteiger partial charge in [-0.3, -0.25) is 0 Å². The summed E-state index contributed by atoms with van der Waals surface area (Å²) in [6, 6.07) is 4.15. The molecule has 2 unspecified atom stereocenters. The molecular formula is C22H28F2N4. The Hall–Kier alpha value is -2.50. The minimum atomic E-state index is -0.492. The Bertz CT molecular complexity index is 887. The molecule has 0 saturated carbocycles. The van der Waals surface area contributed by atoms with Gasteiger partial charge in [-0.1, -0.05) is 27.7 Å². The van der Waals surface area contributed by atoms with Crippen LogP contribution in [0.4, 0.5) is 8.78 Å². The molecular weight excluding hydrogens is 358 g/mol. The molecule has 0 bridgehead atoms. The largest absolute Gasteiger partial charge is 0.386 e. The van der Waals surface area contributed by atoms with Crippen molar-refractivity contribution in [3.05, 3.63) is 59.3 Å². The van der Waals surface area contributed by atoms with E-state index < -0.39 is 11.6 Å². The van der Waals surface area contributed by atoms with Crippen LogP contribution in [-0.2, 0) is 5.41 Å². The summed E-state index contributed by atoms with van der Waals surface area (Å²) in [5, 5.41) is 6.56. The highest BCUT2D eigenvalue weighted by Gasteiger charge is 2.22. The van der Waals surface area contributed by atoms with Gasteiger partial charge in [-0.15, -0.1) is 0 Å². The number of aromatic nitrogens is 2. The molecule has 1 aliphatic heterocycles. The molecule has 6 heteroatoms. The molecule has 0 saturated heterocycles. The van der Waals surface area contributed by atoms with Crippen molar-refractivity contribution in [2.75, 3.05) is 0 Å². The standard InChI is InChI=1S/C22H28F2N4/c1-6-14-9-15(12-26-14)27-13(2)16-10-19(24)17(11-18(16)23)20-7-8-25-21(28-20)22(3,4)5/h7-8,10-14,26-27H,6,9H2,1-5H3. The Kier molecular flexibility index (Phi) is 5.68. The van der Waals surface area contributed by atoms with Crippen LogP contribution in [0, 0.1) is 11.6 Å². The van der Waals surface area contributed by atoms with Crippen molar-refractivity contribution in [3.63, 3.8) is 0 Å². The lowest BCUT2D eigenvalue weighted by Gasteiger charge is -2.19. The van der Waals surface area contributed by atoms with Crippen LogP contribution >= 0.6 is 0 Å². The van der Waals surface area contributed by atoms with Gasteiger partial charge in [0.15, 0.2) is 0 Å². The number of rotatable bonds is 5. The van der Waals surface area contributed by atoms with Gasteiger partial charge in [0.1, 0.15) is 17.5 Å². The zero-order valence-corrected chi connectivity index (χ0v) is 17.1. The van der Waals surface area contributed by atoms with Crippen molar-refractivity contribution < 1.29 is 8.78 Å². The second-order valence-electron chi connectivity index (χ2n) is 8.38. The van der Waals surface area contributed by atoms with E-state index in [1.807, 2.05) is 33.9 Å². The fourth-order valence-corrected chi connectivity index (χ4v) is 3.28. The van der Waals surface area contributed by atoms with Gasteiger partial charge in [0.05, 0.1) is 11.7 Å². The summed E-state index contributed by atoms with van der Waals surface area (Å²) in [6.45, 7) is 9.89.